The maximum atomic E-state index is 11.5. The highest BCUT2D eigenvalue weighted by atomic mass is 16.2. The summed E-state index contributed by atoms with van der Waals surface area (Å²) in [5.74, 6) is -0.508. The van der Waals surface area contributed by atoms with Crippen LogP contribution in [-0.4, -0.2) is 23.8 Å². The number of amides is 2. The Hall–Kier alpha value is -1.64. The van der Waals surface area contributed by atoms with E-state index in [2.05, 4.69) is 13.2 Å². The number of hydrogen-bond acceptors (Lipinski definition) is 2. The highest BCUT2D eigenvalue weighted by Crippen LogP contribution is 2.20. The molecule has 0 fully saturated rings. The minimum Gasteiger partial charge on any atom is -0.281 e. The Balaban J connectivity index is 3.21. The predicted octanol–water partition coefficient (Wildman–Crippen LogP) is 1.04. The van der Waals surface area contributed by atoms with Crippen LogP contribution in [0.25, 0.3) is 0 Å². The summed E-state index contributed by atoms with van der Waals surface area (Å²) >= 11 is 0. The SMILES string of the molecule is C=CC1=C(C=C)C(=O)N(C)C(=O)C1. The van der Waals surface area contributed by atoms with E-state index < -0.39 is 0 Å². The lowest BCUT2D eigenvalue weighted by atomic mass is 9.99. The number of nitrogens with zero attached hydrogens (tertiary/aromatic N) is 1. The van der Waals surface area contributed by atoms with Gasteiger partial charge in [-0.05, 0) is 5.57 Å². The van der Waals surface area contributed by atoms with Crippen LogP contribution in [0.15, 0.2) is 36.5 Å². The molecule has 0 aromatic carbocycles. The Kier molecular flexibility index (Phi) is 2.46. The van der Waals surface area contributed by atoms with E-state index >= 15 is 0 Å². The zero-order chi connectivity index (χ0) is 10.0. The monoisotopic (exact) mass is 177 g/mol. The van der Waals surface area contributed by atoms with Gasteiger partial charge >= 0.3 is 0 Å². The zero-order valence-electron chi connectivity index (χ0n) is 7.54. The van der Waals surface area contributed by atoms with Crippen LogP contribution in [0.1, 0.15) is 6.42 Å². The second-order valence-electron chi connectivity index (χ2n) is 2.78. The summed E-state index contributed by atoms with van der Waals surface area (Å²) in [4.78, 5) is 23.8. The van der Waals surface area contributed by atoms with E-state index in [1.54, 1.807) is 0 Å². The van der Waals surface area contributed by atoms with Gasteiger partial charge in [0.2, 0.25) is 5.91 Å². The van der Waals surface area contributed by atoms with Gasteiger partial charge in [-0.25, -0.2) is 0 Å². The molecule has 1 rings (SSSR count). The molecule has 0 spiro atoms. The summed E-state index contributed by atoms with van der Waals surface area (Å²) in [6.45, 7) is 7.08. The van der Waals surface area contributed by atoms with Crippen molar-refractivity contribution in [1.82, 2.24) is 4.90 Å². The van der Waals surface area contributed by atoms with Crippen molar-refractivity contribution < 1.29 is 9.59 Å². The fourth-order valence-electron chi connectivity index (χ4n) is 1.21. The van der Waals surface area contributed by atoms with Crippen LogP contribution < -0.4 is 0 Å². The number of hydrogen-bond donors (Lipinski definition) is 0. The van der Waals surface area contributed by atoms with Crippen molar-refractivity contribution in [1.29, 1.82) is 0 Å². The molecule has 0 aromatic heterocycles. The molecule has 0 saturated carbocycles. The first-order chi connectivity index (χ1) is 6.11. The first-order valence-corrected chi connectivity index (χ1v) is 3.90. The van der Waals surface area contributed by atoms with Crippen LogP contribution in [0.5, 0.6) is 0 Å². The third kappa shape index (κ3) is 1.45. The van der Waals surface area contributed by atoms with Gasteiger partial charge in [0.25, 0.3) is 5.91 Å². The van der Waals surface area contributed by atoms with Crippen molar-refractivity contribution >= 4 is 11.8 Å². The highest BCUT2D eigenvalue weighted by molar-refractivity contribution is 6.10. The number of carbonyl (C=O) groups excluding carboxylic acids is 2. The molecule has 0 bridgehead atoms. The number of allylic oxidation sites excluding steroid dienone is 1. The van der Waals surface area contributed by atoms with Crippen LogP contribution in [0, 0.1) is 0 Å². The minimum absolute atomic E-state index is 0.203. The summed E-state index contributed by atoms with van der Waals surface area (Å²) in [6.07, 6.45) is 3.22. The molecule has 0 atom stereocenters. The fraction of sp³-hybridized carbons (Fsp3) is 0.200. The predicted molar refractivity (Wildman–Crippen MR) is 49.8 cm³/mol. The average molecular weight is 177 g/mol. The van der Waals surface area contributed by atoms with Gasteiger partial charge in [0.15, 0.2) is 0 Å². The molecule has 3 nitrogen and oxygen atoms in total. The summed E-state index contributed by atoms with van der Waals surface area (Å²) < 4.78 is 0. The van der Waals surface area contributed by atoms with Crippen LogP contribution in [0.3, 0.4) is 0 Å². The molecule has 0 aliphatic carbocycles. The van der Waals surface area contributed by atoms with Crippen molar-refractivity contribution in [3.8, 4) is 0 Å². The average Bonchev–Trinajstić information content (AvgIpc) is 2.13. The molecule has 1 heterocycles. The number of likely N-dealkylation sites (N-methyl/N-ethyl adjacent to an activating group) is 1. The molecule has 1 aliphatic rings. The quantitative estimate of drug-likeness (QED) is 0.591. The molecular formula is C10H11NO2. The molecular weight excluding hydrogens is 166 g/mol. The molecule has 0 aromatic rings. The lowest BCUT2D eigenvalue weighted by molar-refractivity contribution is -0.141. The Morgan fingerprint density at radius 2 is 1.92 bits per heavy atom. The lowest BCUT2D eigenvalue weighted by Gasteiger charge is -2.22. The van der Waals surface area contributed by atoms with E-state index in [1.165, 1.54) is 19.2 Å². The minimum atomic E-state index is -0.304. The molecule has 68 valence electrons. The largest absolute Gasteiger partial charge is 0.281 e. The topological polar surface area (TPSA) is 37.4 Å². The second kappa shape index (κ2) is 3.39. The molecule has 13 heavy (non-hydrogen) atoms. The number of rotatable bonds is 2. The number of carbonyl (C=O) groups is 2. The first kappa shape index (κ1) is 9.45. The Morgan fingerprint density at radius 3 is 2.38 bits per heavy atom. The van der Waals surface area contributed by atoms with Gasteiger partial charge in [-0.15, -0.1) is 0 Å². The maximum Gasteiger partial charge on any atom is 0.260 e. The van der Waals surface area contributed by atoms with E-state index in [1.807, 2.05) is 0 Å². The van der Waals surface area contributed by atoms with Crippen LogP contribution in [0.4, 0.5) is 0 Å². The van der Waals surface area contributed by atoms with Crippen molar-refractivity contribution in [2.45, 2.75) is 6.42 Å². The van der Waals surface area contributed by atoms with E-state index in [4.69, 9.17) is 0 Å². The summed E-state index contributed by atoms with van der Waals surface area (Å²) in [5, 5.41) is 0. The molecule has 0 saturated heterocycles. The summed E-state index contributed by atoms with van der Waals surface area (Å²) in [6, 6.07) is 0. The molecule has 1 aliphatic heterocycles. The molecule has 0 radical (unpaired) electrons. The van der Waals surface area contributed by atoms with E-state index in [-0.39, 0.29) is 18.2 Å². The van der Waals surface area contributed by atoms with E-state index in [9.17, 15) is 9.59 Å². The Bertz CT molecular complexity index is 326. The first-order valence-electron chi connectivity index (χ1n) is 3.90. The summed E-state index contributed by atoms with van der Waals surface area (Å²) in [5.41, 5.74) is 1.13. The van der Waals surface area contributed by atoms with Crippen molar-refractivity contribution in [2.75, 3.05) is 7.05 Å². The van der Waals surface area contributed by atoms with Crippen LogP contribution in [0.2, 0.25) is 0 Å². The zero-order valence-corrected chi connectivity index (χ0v) is 7.54. The Labute approximate surface area is 77.0 Å². The lowest BCUT2D eigenvalue weighted by Crippen LogP contribution is -2.37. The third-order valence-corrected chi connectivity index (χ3v) is 2.05. The van der Waals surface area contributed by atoms with Crippen molar-refractivity contribution in [2.24, 2.45) is 0 Å². The molecule has 0 unspecified atom stereocenters. The van der Waals surface area contributed by atoms with Gasteiger partial charge in [0.1, 0.15) is 0 Å². The van der Waals surface area contributed by atoms with Gasteiger partial charge in [-0.3, -0.25) is 14.5 Å². The van der Waals surface area contributed by atoms with Gasteiger partial charge in [-0.2, -0.15) is 0 Å². The normalized spacial score (nSPS) is 17.8. The molecule has 3 heteroatoms. The standard InChI is InChI=1S/C10H11NO2/c1-4-7-6-9(12)11(3)10(13)8(7)5-2/h4-5H,1-2,6H2,3H3. The smallest absolute Gasteiger partial charge is 0.260 e. The molecule has 2 amide bonds. The van der Waals surface area contributed by atoms with Crippen LogP contribution >= 0.6 is 0 Å². The van der Waals surface area contributed by atoms with Gasteiger partial charge in [0, 0.05) is 12.6 Å². The summed E-state index contributed by atoms with van der Waals surface area (Å²) in [7, 11) is 1.47. The third-order valence-electron chi connectivity index (χ3n) is 2.05. The second-order valence-corrected chi connectivity index (χ2v) is 2.78. The Morgan fingerprint density at radius 1 is 1.31 bits per heavy atom. The number of imide groups is 1. The van der Waals surface area contributed by atoms with E-state index in [0.717, 1.165) is 4.90 Å². The van der Waals surface area contributed by atoms with Gasteiger partial charge in [0.05, 0.1) is 6.42 Å². The van der Waals surface area contributed by atoms with Gasteiger partial charge in [-0.1, -0.05) is 25.3 Å². The van der Waals surface area contributed by atoms with Crippen molar-refractivity contribution in [3.05, 3.63) is 36.5 Å². The fourth-order valence-corrected chi connectivity index (χ4v) is 1.21. The van der Waals surface area contributed by atoms with Crippen LogP contribution in [-0.2, 0) is 9.59 Å². The van der Waals surface area contributed by atoms with E-state index in [0.29, 0.717) is 11.1 Å². The maximum absolute atomic E-state index is 11.5. The highest BCUT2D eigenvalue weighted by Gasteiger charge is 2.27. The van der Waals surface area contributed by atoms with Crippen molar-refractivity contribution in [3.63, 3.8) is 0 Å². The molecule has 0 N–H and O–H groups in total. The van der Waals surface area contributed by atoms with Gasteiger partial charge < -0.3 is 0 Å².